The molecule has 268 valence electrons. The first-order chi connectivity index (χ1) is 28.7. The highest BCUT2D eigenvalue weighted by molar-refractivity contribution is 6.30. The Labute approximate surface area is 332 Å². The van der Waals surface area contributed by atoms with E-state index in [4.69, 9.17) is 13.8 Å². The van der Waals surface area contributed by atoms with Gasteiger partial charge in [0.2, 0.25) is 0 Å². The number of hydrogen-bond acceptors (Lipinski definition) is 3. The Kier molecular flexibility index (Phi) is 6.44. The molecule has 3 heteroatoms. The van der Waals surface area contributed by atoms with Gasteiger partial charge in [-0.25, -0.2) is 0 Å². The third-order valence-electron chi connectivity index (χ3n) is 12.2. The SMILES string of the molecule is c1ccc2c(c1)ccc1oc3c(-c4cc(-c5ccnc6ccccc56)cc(-c5cc6ccccc6c6c5oc5ccc7ccccc7c56)c4)cc4ccccc4c3c12. The monoisotopic (exact) mass is 737 g/mol. The molecule has 0 N–H and O–H groups in total. The van der Waals surface area contributed by atoms with E-state index < -0.39 is 0 Å². The second-order valence-corrected chi connectivity index (χ2v) is 15.4. The van der Waals surface area contributed by atoms with Crippen molar-refractivity contribution < 1.29 is 8.83 Å². The van der Waals surface area contributed by atoms with E-state index in [0.29, 0.717) is 0 Å². The average Bonchev–Trinajstić information content (AvgIpc) is 3.89. The number of rotatable bonds is 3. The van der Waals surface area contributed by atoms with Crippen LogP contribution in [0.15, 0.2) is 197 Å². The number of hydrogen-bond donors (Lipinski definition) is 0. The Hall–Kier alpha value is -7.75. The number of para-hydroxylation sites is 1. The van der Waals surface area contributed by atoms with Crippen LogP contribution in [-0.4, -0.2) is 4.98 Å². The van der Waals surface area contributed by atoms with Crippen molar-refractivity contribution in [3.8, 4) is 33.4 Å². The van der Waals surface area contributed by atoms with Gasteiger partial charge < -0.3 is 8.83 Å². The van der Waals surface area contributed by atoms with Crippen LogP contribution in [0.1, 0.15) is 0 Å². The van der Waals surface area contributed by atoms with Gasteiger partial charge in [-0.15, -0.1) is 0 Å². The zero-order valence-electron chi connectivity index (χ0n) is 31.2. The predicted molar refractivity (Wildman–Crippen MR) is 243 cm³/mol. The fourth-order valence-corrected chi connectivity index (χ4v) is 9.64. The number of pyridine rings is 1. The number of furan rings is 2. The minimum atomic E-state index is 0.881. The Morgan fingerprint density at radius 1 is 0.310 bits per heavy atom. The van der Waals surface area contributed by atoms with Crippen LogP contribution in [0.2, 0.25) is 0 Å². The molecule has 13 aromatic rings. The third kappa shape index (κ3) is 4.47. The van der Waals surface area contributed by atoms with Crippen LogP contribution in [0.3, 0.4) is 0 Å². The van der Waals surface area contributed by atoms with E-state index in [1.54, 1.807) is 0 Å². The summed E-state index contributed by atoms with van der Waals surface area (Å²) in [6.07, 6.45) is 1.92. The molecule has 0 aliphatic rings. The van der Waals surface area contributed by atoms with E-state index >= 15 is 0 Å². The van der Waals surface area contributed by atoms with E-state index in [-0.39, 0.29) is 0 Å². The summed E-state index contributed by atoms with van der Waals surface area (Å²) in [5.41, 5.74) is 10.9. The van der Waals surface area contributed by atoms with Crippen molar-refractivity contribution in [1.29, 1.82) is 0 Å². The van der Waals surface area contributed by atoms with Crippen LogP contribution in [0.25, 0.3) is 131 Å². The fraction of sp³-hybridized carbons (Fsp3) is 0. The Balaban J connectivity index is 1.18. The lowest BCUT2D eigenvalue weighted by atomic mass is 9.88. The van der Waals surface area contributed by atoms with Crippen molar-refractivity contribution in [1.82, 2.24) is 4.98 Å². The molecule has 0 bridgehead atoms. The van der Waals surface area contributed by atoms with Crippen molar-refractivity contribution in [2.45, 2.75) is 0 Å². The van der Waals surface area contributed by atoms with Crippen LogP contribution in [0, 0.1) is 0 Å². The van der Waals surface area contributed by atoms with Crippen molar-refractivity contribution in [3.63, 3.8) is 0 Å². The van der Waals surface area contributed by atoms with Gasteiger partial charge in [0.15, 0.2) is 0 Å². The molecule has 13 rings (SSSR count). The molecule has 0 spiro atoms. The molecule has 58 heavy (non-hydrogen) atoms. The summed E-state index contributed by atoms with van der Waals surface area (Å²) in [6.45, 7) is 0. The molecule has 3 nitrogen and oxygen atoms in total. The number of benzene rings is 10. The summed E-state index contributed by atoms with van der Waals surface area (Å²) in [6, 6.07) is 65.3. The zero-order valence-corrected chi connectivity index (χ0v) is 31.2. The van der Waals surface area contributed by atoms with Crippen LogP contribution in [0.4, 0.5) is 0 Å². The summed E-state index contributed by atoms with van der Waals surface area (Å²) in [4.78, 5) is 4.75. The molecular weight excluding hydrogens is 707 g/mol. The third-order valence-corrected chi connectivity index (χ3v) is 12.2. The summed E-state index contributed by atoms with van der Waals surface area (Å²) >= 11 is 0. The standard InChI is InChI=1S/C55H31NO2/c1-5-15-40-32(11-1)21-23-48-50(40)52-42-17-7-3-13-34(42)30-45(54(52)57-48)37-27-36(39-25-26-56-47-20-10-9-19-44(39)47)28-38(29-37)46-31-35-14-4-8-18-43(35)53-51-41-16-6-2-12-33(41)22-24-49(51)58-55(46)53/h1-31H. The molecule has 0 aliphatic carbocycles. The molecule has 0 aliphatic heterocycles. The largest absolute Gasteiger partial charge is 0.455 e. The maximum atomic E-state index is 7.00. The van der Waals surface area contributed by atoms with Gasteiger partial charge in [-0.2, -0.15) is 0 Å². The first-order valence-electron chi connectivity index (χ1n) is 19.8. The second-order valence-electron chi connectivity index (χ2n) is 15.4. The lowest BCUT2D eigenvalue weighted by molar-refractivity contribution is 0.670. The van der Waals surface area contributed by atoms with Gasteiger partial charge in [0.1, 0.15) is 22.3 Å². The summed E-state index contributed by atoms with van der Waals surface area (Å²) < 4.78 is 14.0. The van der Waals surface area contributed by atoms with Gasteiger partial charge in [-0.3, -0.25) is 4.98 Å². The highest BCUT2D eigenvalue weighted by Crippen LogP contribution is 2.48. The van der Waals surface area contributed by atoms with Crippen molar-refractivity contribution in [2.24, 2.45) is 0 Å². The van der Waals surface area contributed by atoms with Crippen molar-refractivity contribution in [3.05, 3.63) is 188 Å². The maximum Gasteiger partial charge on any atom is 0.143 e. The molecule has 0 amide bonds. The van der Waals surface area contributed by atoms with Gasteiger partial charge in [-0.05, 0) is 120 Å². The lowest BCUT2D eigenvalue weighted by Crippen LogP contribution is -1.90. The van der Waals surface area contributed by atoms with E-state index in [9.17, 15) is 0 Å². The molecule has 0 unspecified atom stereocenters. The van der Waals surface area contributed by atoms with Gasteiger partial charge in [0.25, 0.3) is 0 Å². The quantitative estimate of drug-likeness (QED) is 0.181. The van der Waals surface area contributed by atoms with Gasteiger partial charge in [0.05, 0.1) is 5.52 Å². The molecule has 0 fully saturated rings. The van der Waals surface area contributed by atoms with Crippen molar-refractivity contribution in [2.75, 3.05) is 0 Å². The van der Waals surface area contributed by atoms with Gasteiger partial charge >= 0.3 is 0 Å². The topological polar surface area (TPSA) is 39.2 Å². The minimum absolute atomic E-state index is 0.881. The van der Waals surface area contributed by atoms with Crippen LogP contribution in [-0.2, 0) is 0 Å². The summed E-state index contributed by atoms with van der Waals surface area (Å²) in [7, 11) is 0. The van der Waals surface area contributed by atoms with E-state index in [2.05, 4.69) is 182 Å². The van der Waals surface area contributed by atoms with Crippen molar-refractivity contribution >= 4 is 97.9 Å². The average molecular weight is 738 g/mol. The predicted octanol–water partition coefficient (Wildman–Crippen LogP) is 15.6. The Bertz CT molecular complexity index is 3650. The molecule has 3 heterocycles. The summed E-state index contributed by atoms with van der Waals surface area (Å²) in [5, 5.41) is 15.1. The second kappa shape index (κ2) is 11.9. The highest BCUT2D eigenvalue weighted by atomic mass is 16.3. The summed E-state index contributed by atoms with van der Waals surface area (Å²) in [5.74, 6) is 0. The highest BCUT2D eigenvalue weighted by Gasteiger charge is 2.22. The van der Waals surface area contributed by atoms with E-state index in [1.165, 1.54) is 43.1 Å². The Morgan fingerprint density at radius 2 is 0.724 bits per heavy atom. The molecule has 0 saturated heterocycles. The molecule has 3 aromatic heterocycles. The number of nitrogens with zero attached hydrogens (tertiary/aromatic N) is 1. The Morgan fingerprint density at radius 3 is 1.24 bits per heavy atom. The van der Waals surface area contributed by atoms with E-state index in [0.717, 1.165) is 88.2 Å². The molecular formula is C55H31NO2. The molecule has 0 atom stereocenters. The number of aromatic nitrogens is 1. The van der Waals surface area contributed by atoms with Gasteiger partial charge in [-0.1, -0.05) is 127 Å². The van der Waals surface area contributed by atoms with Crippen LogP contribution in [0.5, 0.6) is 0 Å². The zero-order chi connectivity index (χ0) is 37.9. The molecule has 10 aromatic carbocycles. The smallest absolute Gasteiger partial charge is 0.143 e. The number of fused-ring (bicyclic) bond motifs is 15. The van der Waals surface area contributed by atoms with Crippen LogP contribution < -0.4 is 0 Å². The van der Waals surface area contributed by atoms with E-state index in [1.807, 2.05) is 6.20 Å². The first-order valence-corrected chi connectivity index (χ1v) is 19.8. The molecule has 0 saturated carbocycles. The normalized spacial score (nSPS) is 12.1. The molecule has 0 radical (unpaired) electrons. The fourth-order valence-electron chi connectivity index (χ4n) is 9.64. The minimum Gasteiger partial charge on any atom is -0.455 e. The van der Waals surface area contributed by atoms with Gasteiger partial charge in [0, 0.05) is 44.3 Å². The maximum absolute atomic E-state index is 7.00. The van der Waals surface area contributed by atoms with Crippen LogP contribution >= 0.6 is 0 Å². The lowest BCUT2D eigenvalue weighted by Gasteiger charge is -2.15. The first kappa shape index (κ1) is 31.5.